The lowest BCUT2D eigenvalue weighted by molar-refractivity contribution is -0.116. The van der Waals surface area contributed by atoms with Crippen LogP contribution >= 0.6 is 11.6 Å². The Kier molecular flexibility index (Phi) is 4.53. The first kappa shape index (κ1) is 12.8. The Morgan fingerprint density at radius 3 is 3.00 bits per heavy atom. The number of hydrogen-bond acceptors (Lipinski definition) is 2. The summed E-state index contributed by atoms with van der Waals surface area (Å²) < 4.78 is 0. The highest BCUT2D eigenvalue weighted by atomic mass is 35.5. The van der Waals surface area contributed by atoms with Crippen molar-refractivity contribution in [1.82, 2.24) is 4.98 Å². The molecule has 1 aromatic carbocycles. The summed E-state index contributed by atoms with van der Waals surface area (Å²) in [6.45, 7) is 0. The molecule has 0 radical (unpaired) electrons. The number of nitrogens with zero attached hydrogens (tertiary/aromatic N) is 1. The molecule has 0 unspecified atom stereocenters. The largest absolute Gasteiger partial charge is 0.325 e. The summed E-state index contributed by atoms with van der Waals surface area (Å²) in [5.74, 6) is 0.627. The van der Waals surface area contributed by atoms with Gasteiger partial charge in [0, 0.05) is 30.1 Å². The fourth-order valence-electron chi connectivity index (χ4n) is 1.82. The van der Waals surface area contributed by atoms with Crippen molar-refractivity contribution in [3.63, 3.8) is 0 Å². The Bertz CT molecular complexity index is 537. The second-order valence-corrected chi connectivity index (χ2v) is 4.47. The Labute approximate surface area is 111 Å². The van der Waals surface area contributed by atoms with Gasteiger partial charge < -0.3 is 5.32 Å². The third kappa shape index (κ3) is 3.20. The van der Waals surface area contributed by atoms with Crippen LogP contribution in [0.5, 0.6) is 0 Å². The summed E-state index contributed by atoms with van der Waals surface area (Å²) in [5, 5.41) is 4.96. The number of benzene rings is 1. The van der Waals surface area contributed by atoms with E-state index in [2.05, 4.69) is 10.3 Å². The zero-order valence-corrected chi connectivity index (χ0v) is 10.8. The number of anilines is 1. The number of rotatable bonds is 5. The lowest BCUT2D eigenvalue weighted by Gasteiger charge is -2.08. The van der Waals surface area contributed by atoms with Crippen LogP contribution in [0, 0.1) is 0 Å². The summed E-state index contributed by atoms with van der Waals surface area (Å²) in [4.78, 5) is 15.8. The molecule has 4 heteroatoms. The smallest absolute Gasteiger partial charge is 0.224 e. The molecule has 1 N–H and O–H groups in total. The molecule has 2 rings (SSSR count). The first-order valence-corrected chi connectivity index (χ1v) is 6.53. The molecule has 3 nitrogen and oxygen atoms in total. The number of halogens is 1. The van der Waals surface area contributed by atoms with E-state index in [1.54, 1.807) is 12.4 Å². The number of alkyl halides is 1. The average Bonchev–Trinajstić information content (AvgIpc) is 2.39. The summed E-state index contributed by atoms with van der Waals surface area (Å²) in [7, 11) is 0. The number of nitrogens with one attached hydrogen (secondary N) is 1. The van der Waals surface area contributed by atoms with Crippen LogP contribution in [0.1, 0.15) is 19.3 Å². The van der Waals surface area contributed by atoms with Gasteiger partial charge in [0.1, 0.15) is 0 Å². The van der Waals surface area contributed by atoms with E-state index >= 15 is 0 Å². The van der Waals surface area contributed by atoms with Crippen LogP contribution in [0.4, 0.5) is 5.69 Å². The van der Waals surface area contributed by atoms with E-state index in [9.17, 15) is 4.79 Å². The molecule has 0 saturated heterocycles. The van der Waals surface area contributed by atoms with Gasteiger partial charge in [-0.3, -0.25) is 9.78 Å². The van der Waals surface area contributed by atoms with E-state index in [4.69, 9.17) is 11.6 Å². The number of fused-ring (bicyclic) bond motifs is 1. The second kappa shape index (κ2) is 6.36. The van der Waals surface area contributed by atoms with Crippen molar-refractivity contribution in [1.29, 1.82) is 0 Å². The molecule has 94 valence electrons. The van der Waals surface area contributed by atoms with Gasteiger partial charge in [0.2, 0.25) is 5.91 Å². The lowest BCUT2D eigenvalue weighted by Crippen LogP contribution is -2.11. The minimum absolute atomic E-state index is 0.0245. The van der Waals surface area contributed by atoms with Crippen molar-refractivity contribution >= 4 is 34.0 Å². The van der Waals surface area contributed by atoms with E-state index in [0.717, 1.165) is 29.3 Å². The molecule has 0 aliphatic carbocycles. The van der Waals surface area contributed by atoms with Crippen molar-refractivity contribution in [2.75, 3.05) is 11.2 Å². The molecule has 1 heterocycles. The van der Waals surface area contributed by atoms with E-state index in [0.29, 0.717) is 12.3 Å². The lowest BCUT2D eigenvalue weighted by atomic mass is 10.1. The van der Waals surface area contributed by atoms with Crippen LogP contribution in [-0.2, 0) is 4.79 Å². The van der Waals surface area contributed by atoms with Crippen LogP contribution in [0.15, 0.2) is 36.7 Å². The zero-order valence-electron chi connectivity index (χ0n) is 10.0. The second-order valence-electron chi connectivity index (χ2n) is 4.10. The Morgan fingerprint density at radius 2 is 2.17 bits per heavy atom. The maximum atomic E-state index is 11.8. The monoisotopic (exact) mass is 262 g/mol. The van der Waals surface area contributed by atoms with Gasteiger partial charge in [-0.05, 0) is 30.4 Å². The number of hydrogen-bond donors (Lipinski definition) is 1. The highest BCUT2D eigenvalue weighted by Gasteiger charge is 2.05. The molecule has 1 aromatic heterocycles. The minimum atomic E-state index is 0.0245. The topological polar surface area (TPSA) is 42.0 Å². The average molecular weight is 263 g/mol. The van der Waals surface area contributed by atoms with Gasteiger partial charge in [0.15, 0.2) is 0 Å². The quantitative estimate of drug-likeness (QED) is 0.661. The number of carbonyl (C=O) groups excluding carboxylic acids is 1. The number of aromatic nitrogens is 1. The van der Waals surface area contributed by atoms with Gasteiger partial charge in [-0.15, -0.1) is 11.6 Å². The third-order valence-corrected chi connectivity index (χ3v) is 3.01. The van der Waals surface area contributed by atoms with E-state index < -0.39 is 0 Å². The summed E-state index contributed by atoms with van der Waals surface area (Å²) in [6.07, 6.45) is 5.70. The van der Waals surface area contributed by atoms with Gasteiger partial charge in [-0.2, -0.15) is 0 Å². The van der Waals surface area contributed by atoms with Gasteiger partial charge in [0.05, 0.1) is 5.69 Å². The molecule has 0 saturated carbocycles. The fraction of sp³-hybridized carbons (Fsp3) is 0.286. The van der Waals surface area contributed by atoms with Crippen LogP contribution in [0.25, 0.3) is 10.8 Å². The highest BCUT2D eigenvalue weighted by molar-refractivity contribution is 6.17. The van der Waals surface area contributed by atoms with Crippen LogP contribution in [0.2, 0.25) is 0 Å². The van der Waals surface area contributed by atoms with Gasteiger partial charge >= 0.3 is 0 Å². The number of amides is 1. The first-order valence-electron chi connectivity index (χ1n) is 6.00. The van der Waals surface area contributed by atoms with Gasteiger partial charge in [-0.25, -0.2) is 0 Å². The van der Waals surface area contributed by atoms with Gasteiger partial charge in [-0.1, -0.05) is 12.1 Å². The number of unbranched alkanes of at least 4 members (excludes halogenated alkanes) is 1. The maximum Gasteiger partial charge on any atom is 0.224 e. The molecule has 0 aliphatic heterocycles. The first-order chi connectivity index (χ1) is 8.81. The van der Waals surface area contributed by atoms with Crippen LogP contribution < -0.4 is 5.32 Å². The summed E-state index contributed by atoms with van der Waals surface area (Å²) in [6, 6.07) is 7.75. The van der Waals surface area contributed by atoms with Crippen molar-refractivity contribution in [2.24, 2.45) is 0 Å². The molecule has 0 spiro atoms. The van der Waals surface area contributed by atoms with Gasteiger partial charge in [0.25, 0.3) is 0 Å². The summed E-state index contributed by atoms with van der Waals surface area (Å²) >= 11 is 5.58. The molecular weight excluding hydrogens is 248 g/mol. The molecule has 0 bridgehead atoms. The highest BCUT2D eigenvalue weighted by Crippen LogP contribution is 2.22. The predicted molar refractivity (Wildman–Crippen MR) is 74.9 cm³/mol. The van der Waals surface area contributed by atoms with Crippen molar-refractivity contribution < 1.29 is 4.79 Å². The van der Waals surface area contributed by atoms with Crippen molar-refractivity contribution in [2.45, 2.75) is 19.3 Å². The fourth-order valence-corrected chi connectivity index (χ4v) is 2.00. The third-order valence-electron chi connectivity index (χ3n) is 2.75. The Morgan fingerprint density at radius 1 is 1.28 bits per heavy atom. The Hall–Kier alpha value is -1.61. The van der Waals surface area contributed by atoms with E-state index in [-0.39, 0.29) is 5.91 Å². The zero-order chi connectivity index (χ0) is 12.8. The molecule has 18 heavy (non-hydrogen) atoms. The molecule has 0 fully saturated rings. The molecular formula is C14H15ClN2O. The minimum Gasteiger partial charge on any atom is -0.325 e. The number of carbonyl (C=O) groups is 1. The standard InChI is InChI=1S/C14H15ClN2O/c15-8-2-1-6-14(18)17-13-5-3-4-11-7-9-16-10-12(11)13/h3-5,7,9-10H,1-2,6,8H2,(H,17,18). The van der Waals surface area contributed by atoms with E-state index in [1.165, 1.54) is 0 Å². The van der Waals surface area contributed by atoms with Crippen LogP contribution in [-0.4, -0.2) is 16.8 Å². The molecule has 0 atom stereocenters. The van der Waals surface area contributed by atoms with Crippen molar-refractivity contribution in [3.8, 4) is 0 Å². The molecule has 2 aromatic rings. The van der Waals surface area contributed by atoms with Crippen molar-refractivity contribution in [3.05, 3.63) is 36.7 Å². The SMILES string of the molecule is O=C(CCCCCl)Nc1cccc2ccncc12. The summed E-state index contributed by atoms with van der Waals surface area (Å²) in [5.41, 5.74) is 0.816. The normalized spacial score (nSPS) is 10.5. The Balaban J connectivity index is 2.09. The number of pyridine rings is 1. The van der Waals surface area contributed by atoms with E-state index in [1.807, 2.05) is 24.3 Å². The predicted octanol–water partition coefficient (Wildman–Crippen LogP) is 3.58. The molecule has 1 amide bonds. The molecule has 0 aliphatic rings. The maximum absolute atomic E-state index is 11.8. The van der Waals surface area contributed by atoms with Crippen LogP contribution in [0.3, 0.4) is 0 Å².